The van der Waals surface area contributed by atoms with Crippen LogP contribution in [0.25, 0.3) is 5.76 Å². The second kappa shape index (κ2) is 11.4. The number of ether oxygens (including phenoxy) is 1. The molecule has 0 spiro atoms. The number of aliphatic hydroxyl groups excluding tert-OH is 1. The number of ketones is 1. The molecule has 0 bridgehead atoms. The van der Waals surface area contributed by atoms with Gasteiger partial charge in [-0.1, -0.05) is 66.4 Å². The summed E-state index contributed by atoms with van der Waals surface area (Å²) in [5.74, 6) is -1.05. The lowest BCUT2D eigenvalue weighted by Crippen LogP contribution is -2.29. The first kappa shape index (κ1) is 26.6. The zero-order valence-electron chi connectivity index (χ0n) is 21.1. The summed E-state index contributed by atoms with van der Waals surface area (Å²) in [5.41, 5.74) is 3.04. The van der Waals surface area contributed by atoms with E-state index >= 15 is 0 Å². The van der Waals surface area contributed by atoms with Crippen molar-refractivity contribution in [1.29, 1.82) is 0 Å². The van der Waals surface area contributed by atoms with Crippen molar-refractivity contribution in [3.63, 3.8) is 0 Å². The molecule has 0 aliphatic carbocycles. The fourth-order valence-electron chi connectivity index (χ4n) is 4.27. The van der Waals surface area contributed by atoms with Gasteiger partial charge in [-0.2, -0.15) is 0 Å². The molecule has 1 aromatic heterocycles. The van der Waals surface area contributed by atoms with Crippen LogP contribution < -0.4 is 9.64 Å². The fourth-order valence-corrected chi connectivity index (χ4v) is 6.09. The summed E-state index contributed by atoms with van der Waals surface area (Å²) < 4.78 is 19.0. The molecular formula is C29H24FN3O4S2. The van der Waals surface area contributed by atoms with Crippen molar-refractivity contribution in [2.24, 2.45) is 0 Å². The van der Waals surface area contributed by atoms with Gasteiger partial charge in [0.25, 0.3) is 5.78 Å². The summed E-state index contributed by atoms with van der Waals surface area (Å²) in [6.07, 6.45) is 0.831. The summed E-state index contributed by atoms with van der Waals surface area (Å²) >= 11 is 2.57. The zero-order chi connectivity index (χ0) is 27.5. The van der Waals surface area contributed by atoms with Crippen LogP contribution in [0, 0.1) is 5.82 Å². The summed E-state index contributed by atoms with van der Waals surface area (Å²) in [4.78, 5) is 28.1. The number of aromatic nitrogens is 2. The molecule has 39 heavy (non-hydrogen) atoms. The van der Waals surface area contributed by atoms with Gasteiger partial charge < -0.3 is 9.84 Å². The summed E-state index contributed by atoms with van der Waals surface area (Å²) in [6, 6.07) is 19.5. The van der Waals surface area contributed by atoms with Gasteiger partial charge >= 0.3 is 5.91 Å². The van der Waals surface area contributed by atoms with Crippen molar-refractivity contribution in [2.75, 3.05) is 12.0 Å². The van der Waals surface area contributed by atoms with Crippen molar-refractivity contribution in [1.82, 2.24) is 10.2 Å². The highest BCUT2D eigenvalue weighted by molar-refractivity contribution is 8.00. The average Bonchev–Trinajstić information content (AvgIpc) is 3.54. The Labute approximate surface area is 233 Å². The normalized spacial score (nSPS) is 16.6. The first-order chi connectivity index (χ1) is 18.9. The number of nitrogens with zero attached hydrogens (tertiary/aromatic N) is 3. The molecule has 7 nitrogen and oxygen atoms in total. The molecule has 1 saturated heterocycles. The number of anilines is 1. The van der Waals surface area contributed by atoms with E-state index < -0.39 is 17.7 Å². The number of benzene rings is 3. The number of Topliss-reactive ketones (excluding diaryl/α,β-unsaturated/α-hetero) is 1. The Hall–Kier alpha value is -4.02. The van der Waals surface area contributed by atoms with Crippen LogP contribution in [0.1, 0.15) is 35.2 Å². The number of hydrogen-bond acceptors (Lipinski definition) is 8. The second-order valence-corrected chi connectivity index (χ2v) is 10.9. The van der Waals surface area contributed by atoms with Crippen LogP contribution in [0.5, 0.6) is 5.75 Å². The number of hydrogen-bond donors (Lipinski definition) is 1. The van der Waals surface area contributed by atoms with E-state index in [4.69, 9.17) is 4.74 Å². The molecule has 1 aliphatic heterocycles. The topological polar surface area (TPSA) is 92.6 Å². The van der Waals surface area contributed by atoms with Crippen LogP contribution in [-0.2, 0) is 21.8 Å². The summed E-state index contributed by atoms with van der Waals surface area (Å²) in [6.45, 7) is 2.04. The van der Waals surface area contributed by atoms with Gasteiger partial charge in [0.05, 0.1) is 18.7 Å². The van der Waals surface area contributed by atoms with Gasteiger partial charge in [0.2, 0.25) is 5.13 Å². The molecule has 0 radical (unpaired) electrons. The van der Waals surface area contributed by atoms with Crippen LogP contribution in [0.3, 0.4) is 0 Å². The molecule has 1 amide bonds. The predicted molar refractivity (Wildman–Crippen MR) is 149 cm³/mol. The molecular weight excluding hydrogens is 537 g/mol. The molecule has 1 N–H and O–H groups in total. The van der Waals surface area contributed by atoms with Crippen molar-refractivity contribution in [2.45, 2.75) is 29.5 Å². The van der Waals surface area contributed by atoms with Crippen LogP contribution in [0.2, 0.25) is 0 Å². The van der Waals surface area contributed by atoms with Crippen LogP contribution >= 0.6 is 23.1 Å². The highest BCUT2D eigenvalue weighted by Crippen LogP contribution is 2.44. The van der Waals surface area contributed by atoms with Gasteiger partial charge in [-0.15, -0.1) is 10.2 Å². The predicted octanol–water partition coefficient (Wildman–Crippen LogP) is 6.17. The molecule has 10 heteroatoms. The number of carbonyl (C=O) groups excluding carboxylic acids is 2. The van der Waals surface area contributed by atoms with Gasteiger partial charge in [-0.25, -0.2) is 4.39 Å². The molecule has 198 valence electrons. The first-order valence-electron chi connectivity index (χ1n) is 12.1. The number of rotatable bonds is 8. The highest BCUT2D eigenvalue weighted by Gasteiger charge is 2.48. The fraction of sp³-hybridized carbons (Fsp3) is 0.172. The molecule has 3 aromatic carbocycles. The first-order valence-corrected chi connectivity index (χ1v) is 13.9. The lowest BCUT2D eigenvalue weighted by Gasteiger charge is -2.22. The van der Waals surface area contributed by atoms with Gasteiger partial charge in [-0.3, -0.25) is 14.5 Å². The molecule has 1 aliphatic rings. The standard InChI is InChI=1S/C29H24FN3O4S2/c1-3-17-4-8-19(9-5-17)24-23(25(34)20-10-14-22(37-2)15-11-20)26(35)27(36)33(24)28-31-32-29(39-28)38-16-18-6-12-21(30)13-7-18/h4-15,24,34H,3,16H2,1-2H3/b25-23-. The largest absolute Gasteiger partial charge is 0.507 e. The maximum Gasteiger partial charge on any atom is 0.301 e. The maximum atomic E-state index is 13.4. The van der Waals surface area contributed by atoms with Gasteiger partial charge in [0.15, 0.2) is 4.34 Å². The van der Waals surface area contributed by atoms with Crippen molar-refractivity contribution in [3.05, 3.63) is 106 Å². The van der Waals surface area contributed by atoms with E-state index in [-0.39, 0.29) is 22.3 Å². The number of aryl methyl sites for hydroxylation is 1. The third-order valence-corrected chi connectivity index (χ3v) is 8.52. The molecule has 1 atom stereocenters. The lowest BCUT2D eigenvalue weighted by atomic mass is 9.94. The highest BCUT2D eigenvalue weighted by atomic mass is 32.2. The zero-order valence-corrected chi connectivity index (χ0v) is 22.8. The van der Waals surface area contributed by atoms with Gasteiger partial charge in [0.1, 0.15) is 17.3 Å². The Bertz CT molecular complexity index is 1530. The monoisotopic (exact) mass is 561 g/mol. The van der Waals surface area contributed by atoms with E-state index in [9.17, 15) is 19.1 Å². The Morgan fingerprint density at radius 3 is 2.31 bits per heavy atom. The minimum atomic E-state index is -0.888. The molecule has 1 fully saturated rings. The Morgan fingerprint density at radius 2 is 1.67 bits per heavy atom. The van der Waals surface area contributed by atoms with Crippen LogP contribution in [-0.4, -0.2) is 34.1 Å². The maximum absolute atomic E-state index is 13.4. The van der Waals surface area contributed by atoms with Crippen LogP contribution in [0.15, 0.2) is 82.7 Å². The third kappa shape index (κ3) is 5.43. The number of amides is 1. The third-order valence-electron chi connectivity index (χ3n) is 6.39. The van der Waals surface area contributed by atoms with E-state index in [0.717, 1.165) is 17.5 Å². The van der Waals surface area contributed by atoms with Gasteiger partial charge in [0, 0.05) is 11.3 Å². The van der Waals surface area contributed by atoms with Crippen molar-refractivity contribution >= 4 is 45.7 Å². The molecule has 2 heterocycles. The van der Waals surface area contributed by atoms with E-state index in [0.29, 0.717) is 27.0 Å². The van der Waals surface area contributed by atoms with E-state index in [2.05, 4.69) is 10.2 Å². The molecule has 0 saturated carbocycles. The number of halogens is 1. The second-order valence-electron chi connectivity index (χ2n) is 8.76. The van der Waals surface area contributed by atoms with Crippen molar-refractivity contribution in [3.8, 4) is 5.75 Å². The number of aliphatic hydroxyl groups is 1. The number of thioether (sulfide) groups is 1. The molecule has 1 unspecified atom stereocenters. The summed E-state index contributed by atoms with van der Waals surface area (Å²) in [7, 11) is 1.54. The Balaban J connectivity index is 1.53. The smallest absolute Gasteiger partial charge is 0.301 e. The average molecular weight is 562 g/mol. The van der Waals surface area contributed by atoms with Gasteiger partial charge in [-0.05, 0) is 59.5 Å². The SMILES string of the molecule is CCc1ccc(C2/C(=C(/O)c3ccc(OC)cc3)C(=O)C(=O)N2c2nnc(SCc3ccc(F)cc3)s2)cc1. The van der Waals surface area contributed by atoms with E-state index in [1.807, 2.05) is 31.2 Å². The molecule has 5 rings (SSSR count). The minimum Gasteiger partial charge on any atom is -0.507 e. The number of carbonyl (C=O) groups is 2. The summed E-state index contributed by atoms with van der Waals surface area (Å²) in [5, 5.41) is 20.0. The Kier molecular flexibility index (Phi) is 7.76. The number of methoxy groups -OCH3 is 1. The van der Waals surface area contributed by atoms with Crippen LogP contribution in [0.4, 0.5) is 9.52 Å². The van der Waals surface area contributed by atoms with Crippen molar-refractivity contribution < 1.29 is 23.8 Å². The van der Waals surface area contributed by atoms with E-state index in [1.54, 1.807) is 36.4 Å². The lowest BCUT2D eigenvalue weighted by molar-refractivity contribution is -0.132. The molecule has 4 aromatic rings. The minimum absolute atomic E-state index is 0.0230. The Morgan fingerprint density at radius 1 is 1.00 bits per heavy atom. The van der Waals surface area contributed by atoms with E-state index in [1.165, 1.54) is 47.2 Å². The quantitative estimate of drug-likeness (QED) is 0.0905.